The number of allylic oxidation sites excluding steroid dienone is 8. The molecule has 0 aromatic heterocycles. The highest BCUT2D eigenvalue weighted by Crippen LogP contribution is 2.35. The Morgan fingerprint density at radius 3 is 1.05 bits per heavy atom. The Kier molecular flexibility index (Phi) is 27.2. The molecule has 1 aliphatic heterocycles. The van der Waals surface area contributed by atoms with E-state index in [0.29, 0.717) is 5.41 Å². The molecule has 0 amide bonds. The lowest BCUT2D eigenvalue weighted by Crippen LogP contribution is -2.53. The summed E-state index contributed by atoms with van der Waals surface area (Å²) in [7, 11) is 0. The fourth-order valence-electron chi connectivity index (χ4n) is 5.93. The molecular weight excluding hydrogens is 482 g/mol. The van der Waals surface area contributed by atoms with Crippen LogP contribution in [0.5, 0.6) is 0 Å². The van der Waals surface area contributed by atoms with Crippen LogP contribution in [0.25, 0.3) is 0 Å². The van der Waals surface area contributed by atoms with Crippen molar-refractivity contribution < 1.29 is 0 Å². The Balaban J connectivity index is 1.87. The molecule has 0 bridgehead atoms. The van der Waals surface area contributed by atoms with Gasteiger partial charge in [0, 0.05) is 13.1 Å². The van der Waals surface area contributed by atoms with Crippen molar-refractivity contribution in [3.05, 3.63) is 48.6 Å². The normalized spacial score (nSPS) is 15.3. The lowest BCUT2D eigenvalue weighted by atomic mass is 9.73. The number of nitrogens with one attached hydrogen (secondary N) is 1. The molecule has 1 nitrogen and oxygen atoms in total. The van der Waals surface area contributed by atoms with Crippen LogP contribution in [0.3, 0.4) is 0 Å². The van der Waals surface area contributed by atoms with Crippen molar-refractivity contribution in [2.24, 2.45) is 5.41 Å². The Morgan fingerprint density at radius 2 is 0.725 bits per heavy atom. The second kappa shape index (κ2) is 29.4. The maximum atomic E-state index is 3.59. The first-order valence-corrected chi connectivity index (χ1v) is 18.1. The van der Waals surface area contributed by atoms with Crippen molar-refractivity contribution in [3.8, 4) is 0 Å². The van der Waals surface area contributed by atoms with Crippen molar-refractivity contribution in [3.63, 3.8) is 0 Å². The predicted molar refractivity (Wildman–Crippen MR) is 183 cm³/mol. The summed E-state index contributed by atoms with van der Waals surface area (Å²) in [4.78, 5) is 0. The minimum atomic E-state index is 0.657. The van der Waals surface area contributed by atoms with Crippen LogP contribution in [0.1, 0.15) is 181 Å². The standard InChI is InChI=1S/C39H71N/c1-3-5-7-9-11-13-15-17-19-21-23-25-27-29-31-33-35-39(37-40-38-39)36-34-32-30-28-26-24-22-20-18-16-14-12-10-8-6-4-2/h11-14,17-20,40H,3-10,15-16,21-38H2,1-2H3. The van der Waals surface area contributed by atoms with Crippen molar-refractivity contribution >= 4 is 0 Å². The second-order valence-corrected chi connectivity index (χ2v) is 12.8. The van der Waals surface area contributed by atoms with Gasteiger partial charge in [-0.2, -0.15) is 0 Å². The van der Waals surface area contributed by atoms with Gasteiger partial charge in [-0.25, -0.2) is 0 Å². The van der Waals surface area contributed by atoms with Crippen LogP contribution in [-0.4, -0.2) is 13.1 Å². The number of unbranched alkanes of at least 4 members (excludes halogenated alkanes) is 18. The maximum Gasteiger partial charge on any atom is 0.00202 e. The predicted octanol–water partition coefficient (Wildman–Crippen LogP) is 13.0. The van der Waals surface area contributed by atoms with E-state index >= 15 is 0 Å². The average molecular weight is 554 g/mol. The van der Waals surface area contributed by atoms with Crippen LogP contribution < -0.4 is 5.32 Å². The lowest BCUT2D eigenvalue weighted by molar-refractivity contribution is 0.128. The molecule has 232 valence electrons. The molecule has 0 unspecified atom stereocenters. The van der Waals surface area contributed by atoms with Gasteiger partial charge in [0.25, 0.3) is 0 Å². The zero-order valence-electron chi connectivity index (χ0n) is 27.4. The first-order chi connectivity index (χ1) is 19.8. The molecule has 1 rings (SSSR count). The zero-order valence-corrected chi connectivity index (χ0v) is 27.4. The van der Waals surface area contributed by atoms with Gasteiger partial charge in [0.1, 0.15) is 0 Å². The van der Waals surface area contributed by atoms with E-state index in [4.69, 9.17) is 0 Å². The Hall–Kier alpha value is -1.08. The smallest absolute Gasteiger partial charge is 0.00202 e. The first-order valence-electron chi connectivity index (χ1n) is 18.1. The topological polar surface area (TPSA) is 12.0 Å². The molecular formula is C39H71N. The summed E-state index contributed by atoms with van der Waals surface area (Å²) in [5.74, 6) is 0. The van der Waals surface area contributed by atoms with Gasteiger partial charge in [-0.3, -0.25) is 0 Å². The molecule has 0 aromatic carbocycles. The van der Waals surface area contributed by atoms with E-state index in [1.54, 1.807) is 0 Å². The Labute approximate surface area is 252 Å². The zero-order chi connectivity index (χ0) is 28.7. The molecule has 1 fully saturated rings. The van der Waals surface area contributed by atoms with Gasteiger partial charge in [0.15, 0.2) is 0 Å². The van der Waals surface area contributed by atoms with Crippen LogP contribution in [0.4, 0.5) is 0 Å². The largest absolute Gasteiger partial charge is 0.316 e. The third-order valence-electron chi connectivity index (χ3n) is 8.82. The van der Waals surface area contributed by atoms with E-state index < -0.39 is 0 Å². The van der Waals surface area contributed by atoms with Crippen molar-refractivity contribution in [2.45, 2.75) is 181 Å². The lowest BCUT2D eigenvalue weighted by Gasteiger charge is -2.43. The summed E-state index contributed by atoms with van der Waals surface area (Å²) >= 11 is 0. The van der Waals surface area contributed by atoms with Crippen molar-refractivity contribution in [1.29, 1.82) is 0 Å². The molecule has 1 heterocycles. The third kappa shape index (κ3) is 23.6. The van der Waals surface area contributed by atoms with E-state index in [1.165, 1.54) is 167 Å². The van der Waals surface area contributed by atoms with E-state index in [0.717, 1.165) is 12.8 Å². The number of rotatable bonds is 30. The minimum absolute atomic E-state index is 0.657. The number of hydrogen-bond acceptors (Lipinski definition) is 1. The van der Waals surface area contributed by atoms with Gasteiger partial charge >= 0.3 is 0 Å². The Morgan fingerprint density at radius 1 is 0.400 bits per heavy atom. The van der Waals surface area contributed by atoms with Gasteiger partial charge in [-0.1, -0.05) is 152 Å². The summed E-state index contributed by atoms with van der Waals surface area (Å²) in [5.41, 5.74) is 0.657. The highest BCUT2D eigenvalue weighted by Gasteiger charge is 2.35. The SMILES string of the molecule is CCCCCC=CCC=CCCCCCCCCC1(CCCCCCCCC=CCC=CCCCCC)CNC1. The Bertz CT molecular complexity index is 571. The highest BCUT2D eigenvalue weighted by atomic mass is 15.0. The van der Waals surface area contributed by atoms with Crippen LogP contribution in [0.15, 0.2) is 48.6 Å². The van der Waals surface area contributed by atoms with Gasteiger partial charge in [-0.15, -0.1) is 0 Å². The molecule has 40 heavy (non-hydrogen) atoms. The van der Waals surface area contributed by atoms with Gasteiger partial charge in [0.2, 0.25) is 0 Å². The molecule has 1 aliphatic rings. The molecule has 1 saturated heterocycles. The first kappa shape index (κ1) is 36.9. The van der Waals surface area contributed by atoms with Crippen molar-refractivity contribution in [1.82, 2.24) is 5.32 Å². The van der Waals surface area contributed by atoms with Crippen LogP contribution >= 0.6 is 0 Å². The van der Waals surface area contributed by atoms with Crippen LogP contribution in [0.2, 0.25) is 0 Å². The van der Waals surface area contributed by atoms with Gasteiger partial charge in [-0.05, 0) is 82.5 Å². The molecule has 0 atom stereocenters. The molecule has 1 N–H and O–H groups in total. The molecule has 1 heteroatoms. The quantitative estimate of drug-likeness (QED) is 0.0689. The monoisotopic (exact) mass is 554 g/mol. The minimum Gasteiger partial charge on any atom is -0.316 e. The highest BCUT2D eigenvalue weighted by molar-refractivity contribution is 4.94. The summed E-state index contributed by atoms with van der Waals surface area (Å²) in [6.07, 6.45) is 54.4. The summed E-state index contributed by atoms with van der Waals surface area (Å²) < 4.78 is 0. The third-order valence-corrected chi connectivity index (χ3v) is 8.82. The molecule has 0 aromatic rings. The fourth-order valence-corrected chi connectivity index (χ4v) is 5.93. The van der Waals surface area contributed by atoms with Gasteiger partial charge < -0.3 is 5.32 Å². The summed E-state index contributed by atoms with van der Waals surface area (Å²) in [6.45, 7) is 7.12. The van der Waals surface area contributed by atoms with E-state index in [-0.39, 0.29) is 0 Å². The van der Waals surface area contributed by atoms with Gasteiger partial charge in [0.05, 0.1) is 0 Å². The molecule has 0 saturated carbocycles. The summed E-state index contributed by atoms with van der Waals surface area (Å²) in [6, 6.07) is 0. The van der Waals surface area contributed by atoms with E-state index in [9.17, 15) is 0 Å². The molecule has 0 radical (unpaired) electrons. The van der Waals surface area contributed by atoms with Crippen LogP contribution in [-0.2, 0) is 0 Å². The van der Waals surface area contributed by atoms with Crippen molar-refractivity contribution in [2.75, 3.05) is 13.1 Å². The van der Waals surface area contributed by atoms with E-state index in [1.807, 2.05) is 0 Å². The second-order valence-electron chi connectivity index (χ2n) is 12.8. The molecule has 0 spiro atoms. The average Bonchev–Trinajstić information content (AvgIpc) is 2.94. The molecule has 0 aliphatic carbocycles. The van der Waals surface area contributed by atoms with Crippen LogP contribution in [0, 0.1) is 5.41 Å². The number of hydrogen-bond donors (Lipinski definition) is 1. The summed E-state index contributed by atoms with van der Waals surface area (Å²) in [5, 5.41) is 3.59. The maximum absolute atomic E-state index is 3.59. The fraction of sp³-hybridized carbons (Fsp3) is 0.795. The van der Waals surface area contributed by atoms with E-state index in [2.05, 4.69) is 67.8 Å².